The van der Waals surface area contributed by atoms with Gasteiger partial charge in [-0.1, -0.05) is 35.9 Å². The van der Waals surface area contributed by atoms with Gasteiger partial charge in [-0.05, 0) is 42.5 Å². The molecule has 0 saturated carbocycles. The number of carbonyl (C=O) groups excluding carboxylic acids is 1. The number of halogens is 1. The fraction of sp³-hybridized carbons (Fsp3) is 0.0952. The van der Waals surface area contributed by atoms with Gasteiger partial charge in [0.2, 0.25) is 10.0 Å². The van der Waals surface area contributed by atoms with Crippen molar-refractivity contribution in [1.82, 2.24) is 4.31 Å². The number of hydrogen-bond acceptors (Lipinski definition) is 4. The first-order valence-electron chi connectivity index (χ1n) is 8.64. The molecule has 0 atom stereocenters. The molecule has 0 aliphatic rings. The summed E-state index contributed by atoms with van der Waals surface area (Å²) in [5, 5.41) is 2.79. The summed E-state index contributed by atoms with van der Waals surface area (Å²) >= 11 is 6.03. The number of carbonyl (C=O) groups is 1. The van der Waals surface area contributed by atoms with E-state index in [0.29, 0.717) is 17.2 Å². The highest BCUT2D eigenvalue weighted by Crippen LogP contribution is 2.27. The summed E-state index contributed by atoms with van der Waals surface area (Å²) in [5.41, 5.74) is 0.680. The van der Waals surface area contributed by atoms with Gasteiger partial charge in [0.05, 0.1) is 5.02 Å². The molecule has 3 aromatic carbocycles. The van der Waals surface area contributed by atoms with Gasteiger partial charge in [0, 0.05) is 31.4 Å². The Morgan fingerprint density at radius 2 is 1.62 bits per heavy atom. The van der Waals surface area contributed by atoms with Crippen LogP contribution in [0.5, 0.6) is 11.5 Å². The topological polar surface area (TPSA) is 75.7 Å². The number of sulfonamides is 1. The van der Waals surface area contributed by atoms with E-state index in [-0.39, 0.29) is 15.5 Å². The second-order valence-corrected chi connectivity index (χ2v) is 8.86. The minimum Gasteiger partial charge on any atom is -0.457 e. The minimum atomic E-state index is -3.78. The number of nitrogens with zero attached hydrogens (tertiary/aromatic N) is 1. The molecule has 0 aliphatic carbocycles. The van der Waals surface area contributed by atoms with Crippen molar-refractivity contribution in [1.29, 1.82) is 0 Å². The molecule has 0 heterocycles. The molecule has 0 aromatic heterocycles. The minimum absolute atomic E-state index is 0.0495. The van der Waals surface area contributed by atoms with E-state index in [0.717, 1.165) is 4.31 Å². The number of hydrogen-bond donors (Lipinski definition) is 1. The highest BCUT2D eigenvalue weighted by Gasteiger charge is 2.22. The van der Waals surface area contributed by atoms with Crippen molar-refractivity contribution >= 4 is 33.2 Å². The fourth-order valence-electron chi connectivity index (χ4n) is 2.50. The smallest absolute Gasteiger partial charge is 0.255 e. The normalized spacial score (nSPS) is 11.3. The lowest BCUT2D eigenvalue weighted by Gasteiger charge is -2.14. The zero-order chi connectivity index (χ0) is 21.0. The Balaban J connectivity index is 1.81. The Morgan fingerprint density at radius 3 is 2.31 bits per heavy atom. The van der Waals surface area contributed by atoms with Crippen molar-refractivity contribution in [3.05, 3.63) is 83.4 Å². The summed E-state index contributed by atoms with van der Waals surface area (Å²) < 4.78 is 31.6. The average molecular weight is 431 g/mol. The molecular weight excluding hydrogens is 412 g/mol. The largest absolute Gasteiger partial charge is 0.457 e. The molecule has 0 unspecified atom stereocenters. The maximum Gasteiger partial charge on any atom is 0.255 e. The molecule has 0 saturated heterocycles. The monoisotopic (exact) mass is 430 g/mol. The van der Waals surface area contributed by atoms with Crippen LogP contribution in [-0.2, 0) is 10.0 Å². The van der Waals surface area contributed by atoms with Crippen molar-refractivity contribution in [2.75, 3.05) is 19.4 Å². The van der Waals surface area contributed by atoms with E-state index in [2.05, 4.69) is 5.32 Å². The van der Waals surface area contributed by atoms with Gasteiger partial charge >= 0.3 is 0 Å². The highest BCUT2D eigenvalue weighted by molar-refractivity contribution is 7.89. The average Bonchev–Trinajstić information content (AvgIpc) is 2.69. The van der Waals surface area contributed by atoms with E-state index in [9.17, 15) is 13.2 Å². The maximum absolute atomic E-state index is 12.6. The van der Waals surface area contributed by atoms with Crippen LogP contribution in [0.4, 0.5) is 5.69 Å². The van der Waals surface area contributed by atoms with Crippen LogP contribution in [0.3, 0.4) is 0 Å². The van der Waals surface area contributed by atoms with Crippen molar-refractivity contribution < 1.29 is 17.9 Å². The van der Waals surface area contributed by atoms with Crippen LogP contribution in [0.15, 0.2) is 77.7 Å². The number of rotatable bonds is 6. The third-order valence-corrected chi connectivity index (χ3v) is 6.32. The van der Waals surface area contributed by atoms with E-state index in [1.807, 2.05) is 30.3 Å². The number of para-hydroxylation sites is 1. The quantitative estimate of drug-likeness (QED) is 0.618. The van der Waals surface area contributed by atoms with Gasteiger partial charge in [-0.2, -0.15) is 0 Å². The molecule has 0 radical (unpaired) electrons. The molecule has 6 nitrogen and oxygen atoms in total. The highest BCUT2D eigenvalue weighted by atomic mass is 35.5. The number of benzene rings is 3. The van der Waals surface area contributed by atoms with E-state index in [1.54, 1.807) is 24.3 Å². The second-order valence-electron chi connectivity index (χ2n) is 6.33. The Hall–Kier alpha value is -2.87. The van der Waals surface area contributed by atoms with Crippen LogP contribution < -0.4 is 10.1 Å². The van der Waals surface area contributed by atoms with Gasteiger partial charge in [0.1, 0.15) is 16.4 Å². The molecule has 29 heavy (non-hydrogen) atoms. The third-order valence-electron chi connectivity index (χ3n) is 4.02. The molecule has 0 spiro atoms. The predicted octanol–water partition coefficient (Wildman–Crippen LogP) is 4.63. The Bertz CT molecular complexity index is 1130. The van der Waals surface area contributed by atoms with Crippen molar-refractivity contribution in [2.45, 2.75) is 4.90 Å². The van der Waals surface area contributed by atoms with Gasteiger partial charge in [0.15, 0.2) is 0 Å². The van der Waals surface area contributed by atoms with E-state index in [1.165, 1.54) is 32.3 Å². The van der Waals surface area contributed by atoms with Gasteiger partial charge in [-0.3, -0.25) is 4.79 Å². The van der Waals surface area contributed by atoms with Crippen LogP contribution in [0.2, 0.25) is 5.02 Å². The van der Waals surface area contributed by atoms with Crippen molar-refractivity contribution in [3.63, 3.8) is 0 Å². The van der Waals surface area contributed by atoms with Gasteiger partial charge in [-0.15, -0.1) is 0 Å². The lowest BCUT2D eigenvalue weighted by molar-refractivity contribution is 0.102. The van der Waals surface area contributed by atoms with Crippen molar-refractivity contribution in [2.24, 2.45) is 0 Å². The summed E-state index contributed by atoms with van der Waals surface area (Å²) in [6.07, 6.45) is 0. The summed E-state index contributed by atoms with van der Waals surface area (Å²) in [6, 6.07) is 20.3. The molecule has 1 amide bonds. The summed E-state index contributed by atoms with van der Waals surface area (Å²) in [5.74, 6) is 0.766. The molecule has 0 bridgehead atoms. The van der Waals surface area contributed by atoms with Gasteiger partial charge in [-0.25, -0.2) is 12.7 Å². The Kier molecular flexibility index (Phi) is 6.22. The summed E-state index contributed by atoms with van der Waals surface area (Å²) in [6.45, 7) is 0. The molecule has 0 fully saturated rings. The molecule has 3 rings (SSSR count). The first-order chi connectivity index (χ1) is 13.8. The van der Waals surface area contributed by atoms with Crippen LogP contribution in [0.1, 0.15) is 10.4 Å². The lowest BCUT2D eigenvalue weighted by Crippen LogP contribution is -2.23. The molecule has 150 valence electrons. The number of amides is 1. The van der Waals surface area contributed by atoms with Crippen molar-refractivity contribution in [3.8, 4) is 11.5 Å². The zero-order valence-corrected chi connectivity index (χ0v) is 17.4. The van der Waals surface area contributed by atoms with Crippen LogP contribution in [0.25, 0.3) is 0 Å². The standard InChI is InChI=1S/C21H19ClN2O4S/c1-24(2)29(26,27)20-13-15(11-12-19(20)22)21(25)23-16-7-6-10-18(14-16)28-17-8-4-3-5-9-17/h3-14H,1-2H3,(H,23,25). The number of anilines is 1. The third kappa shape index (κ3) is 4.95. The van der Waals surface area contributed by atoms with Crippen LogP contribution in [-0.4, -0.2) is 32.7 Å². The van der Waals surface area contributed by atoms with E-state index >= 15 is 0 Å². The molecule has 8 heteroatoms. The maximum atomic E-state index is 12.6. The molecule has 1 N–H and O–H groups in total. The van der Waals surface area contributed by atoms with E-state index in [4.69, 9.17) is 16.3 Å². The first kappa shape index (κ1) is 20.9. The number of ether oxygens (including phenoxy) is 1. The molecule has 0 aliphatic heterocycles. The predicted molar refractivity (Wildman–Crippen MR) is 113 cm³/mol. The SMILES string of the molecule is CN(C)S(=O)(=O)c1cc(C(=O)Nc2cccc(Oc3ccccc3)c2)ccc1Cl. The summed E-state index contributed by atoms with van der Waals surface area (Å²) in [7, 11) is -0.977. The van der Waals surface area contributed by atoms with Crippen LogP contribution >= 0.6 is 11.6 Å². The molecule has 3 aromatic rings. The first-order valence-corrected chi connectivity index (χ1v) is 10.5. The summed E-state index contributed by atoms with van der Waals surface area (Å²) in [4.78, 5) is 12.5. The second kappa shape index (κ2) is 8.65. The van der Waals surface area contributed by atoms with Crippen LogP contribution in [0, 0.1) is 0 Å². The van der Waals surface area contributed by atoms with Gasteiger partial charge < -0.3 is 10.1 Å². The Labute approximate surface area is 174 Å². The van der Waals surface area contributed by atoms with E-state index < -0.39 is 15.9 Å². The Morgan fingerprint density at radius 1 is 0.931 bits per heavy atom. The fourth-order valence-corrected chi connectivity index (χ4v) is 3.90. The number of nitrogens with one attached hydrogen (secondary N) is 1. The molecular formula is C21H19ClN2O4S. The zero-order valence-electron chi connectivity index (χ0n) is 15.8. The lowest BCUT2D eigenvalue weighted by atomic mass is 10.2. The van der Waals surface area contributed by atoms with Gasteiger partial charge in [0.25, 0.3) is 5.91 Å².